The molecule has 2 aromatic carbocycles. The number of Topliss-reactive ketones (excluding diaryl/α,β-unsaturated/α-hetero) is 1. The molecule has 1 saturated heterocycles. The number of aliphatic hydroxyl groups excluding tert-OH is 1. The van der Waals surface area contributed by atoms with Gasteiger partial charge in [-0.2, -0.15) is 0 Å². The van der Waals surface area contributed by atoms with E-state index < -0.39 is 17.7 Å². The summed E-state index contributed by atoms with van der Waals surface area (Å²) in [5, 5.41) is 11.3. The molecule has 1 atom stereocenters. The summed E-state index contributed by atoms with van der Waals surface area (Å²) in [6.07, 6.45) is 0.575. The molecule has 1 heterocycles. The second kappa shape index (κ2) is 8.37. The Bertz CT molecular complexity index is 879. The van der Waals surface area contributed by atoms with Crippen LogP contribution in [0.25, 0.3) is 5.76 Å². The Morgan fingerprint density at radius 2 is 1.89 bits per heavy atom. The van der Waals surface area contributed by atoms with Crippen molar-refractivity contribution in [2.75, 3.05) is 20.3 Å². The molecule has 140 valence electrons. The molecule has 0 aromatic heterocycles. The van der Waals surface area contributed by atoms with Gasteiger partial charge in [-0.25, -0.2) is 0 Å². The summed E-state index contributed by atoms with van der Waals surface area (Å²) in [5.41, 5.74) is 1.24. The van der Waals surface area contributed by atoms with Gasteiger partial charge in [-0.15, -0.1) is 0 Å². The summed E-state index contributed by atoms with van der Waals surface area (Å²) in [5.74, 6) is -1.51. The lowest BCUT2D eigenvalue weighted by atomic mass is 9.95. The number of hydrogen-bond donors (Lipinski definition) is 1. The van der Waals surface area contributed by atoms with Gasteiger partial charge >= 0.3 is 0 Å². The molecule has 6 heteroatoms. The number of methoxy groups -OCH3 is 1. The topological polar surface area (TPSA) is 66.8 Å². The van der Waals surface area contributed by atoms with E-state index in [1.165, 1.54) is 4.90 Å². The predicted octanol–water partition coefficient (Wildman–Crippen LogP) is 3.80. The maximum absolute atomic E-state index is 12.8. The lowest BCUT2D eigenvalue weighted by Gasteiger charge is -2.25. The quantitative estimate of drug-likeness (QED) is 0.355. The Morgan fingerprint density at radius 3 is 2.56 bits per heavy atom. The highest BCUT2D eigenvalue weighted by Crippen LogP contribution is 2.39. The molecular formula is C21H20ClNO4. The largest absolute Gasteiger partial charge is 0.507 e. The van der Waals surface area contributed by atoms with Gasteiger partial charge in [0.2, 0.25) is 0 Å². The van der Waals surface area contributed by atoms with Crippen molar-refractivity contribution in [1.29, 1.82) is 0 Å². The number of benzene rings is 2. The minimum Gasteiger partial charge on any atom is -0.507 e. The molecule has 0 unspecified atom stereocenters. The van der Waals surface area contributed by atoms with Crippen LogP contribution in [0.2, 0.25) is 5.02 Å². The molecule has 0 spiro atoms. The third kappa shape index (κ3) is 3.89. The second-order valence-electron chi connectivity index (χ2n) is 6.26. The average molecular weight is 386 g/mol. The maximum Gasteiger partial charge on any atom is 0.295 e. The lowest BCUT2D eigenvalue weighted by molar-refractivity contribution is -0.140. The number of aliphatic hydroxyl groups is 1. The Labute approximate surface area is 162 Å². The zero-order valence-corrected chi connectivity index (χ0v) is 15.6. The van der Waals surface area contributed by atoms with Gasteiger partial charge < -0.3 is 14.7 Å². The molecule has 3 rings (SSSR count). The number of nitrogens with zero attached hydrogens (tertiary/aromatic N) is 1. The highest BCUT2D eigenvalue weighted by Gasteiger charge is 2.45. The Hall–Kier alpha value is -2.63. The smallest absolute Gasteiger partial charge is 0.295 e. The van der Waals surface area contributed by atoms with Crippen molar-refractivity contribution in [1.82, 2.24) is 4.90 Å². The Morgan fingerprint density at radius 1 is 1.15 bits per heavy atom. The van der Waals surface area contributed by atoms with Gasteiger partial charge in [-0.1, -0.05) is 54.1 Å². The minimum absolute atomic E-state index is 0.0749. The van der Waals surface area contributed by atoms with Gasteiger partial charge in [0.1, 0.15) is 5.76 Å². The van der Waals surface area contributed by atoms with Gasteiger partial charge in [0.15, 0.2) is 0 Å². The van der Waals surface area contributed by atoms with E-state index in [1.54, 1.807) is 55.6 Å². The van der Waals surface area contributed by atoms with E-state index in [9.17, 15) is 14.7 Å². The fourth-order valence-corrected chi connectivity index (χ4v) is 3.46. The van der Waals surface area contributed by atoms with Crippen molar-refractivity contribution >= 4 is 29.1 Å². The zero-order valence-electron chi connectivity index (χ0n) is 14.9. The van der Waals surface area contributed by atoms with Crippen LogP contribution in [0.3, 0.4) is 0 Å². The van der Waals surface area contributed by atoms with Crippen LogP contribution >= 0.6 is 11.6 Å². The van der Waals surface area contributed by atoms with E-state index in [2.05, 4.69) is 0 Å². The van der Waals surface area contributed by atoms with E-state index in [-0.39, 0.29) is 11.3 Å². The van der Waals surface area contributed by atoms with Crippen molar-refractivity contribution in [2.45, 2.75) is 12.5 Å². The van der Waals surface area contributed by atoms with E-state index >= 15 is 0 Å². The van der Waals surface area contributed by atoms with Crippen LogP contribution in [-0.4, -0.2) is 42.0 Å². The number of carbonyl (C=O) groups is 2. The minimum atomic E-state index is -0.696. The Balaban J connectivity index is 2.12. The molecular weight excluding hydrogens is 366 g/mol. The molecule has 1 fully saturated rings. The summed E-state index contributed by atoms with van der Waals surface area (Å²) < 4.78 is 5.06. The highest BCUT2D eigenvalue weighted by molar-refractivity contribution is 6.46. The number of halogens is 1. The van der Waals surface area contributed by atoms with Crippen LogP contribution < -0.4 is 0 Å². The summed E-state index contributed by atoms with van der Waals surface area (Å²) in [4.78, 5) is 26.9. The lowest BCUT2D eigenvalue weighted by Crippen LogP contribution is -2.31. The Kier molecular flexibility index (Phi) is 5.94. The van der Waals surface area contributed by atoms with Crippen LogP contribution in [0.4, 0.5) is 0 Å². The van der Waals surface area contributed by atoms with Gasteiger partial charge in [0, 0.05) is 30.8 Å². The van der Waals surface area contributed by atoms with Crippen molar-refractivity contribution in [2.24, 2.45) is 0 Å². The first-order valence-corrected chi connectivity index (χ1v) is 9.00. The van der Waals surface area contributed by atoms with Crippen molar-refractivity contribution in [3.8, 4) is 0 Å². The van der Waals surface area contributed by atoms with Crippen molar-refractivity contribution < 1.29 is 19.4 Å². The molecule has 0 aliphatic carbocycles. The van der Waals surface area contributed by atoms with Crippen molar-refractivity contribution in [3.05, 3.63) is 76.3 Å². The third-order valence-electron chi connectivity index (χ3n) is 4.50. The summed E-state index contributed by atoms with van der Waals surface area (Å²) >= 11 is 6.13. The number of likely N-dealkylation sites (tertiary alicyclic amines) is 1. The molecule has 0 bridgehead atoms. The van der Waals surface area contributed by atoms with Crippen LogP contribution in [-0.2, 0) is 14.3 Å². The average Bonchev–Trinajstić information content (AvgIpc) is 2.93. The highest BCUT2D eigenvalue weighted by atomic mass is 35.5. The van der Waals surface area contributed by atoms with Gasteiger partial charge in [0.05, 0.1) is 11.6 Å². The molecule has 0 saturated carbocycles. The number of amides is 1. The summed E-state index contributed by atoms with van der Waals surface area (Å²) in [7, 11) is 1.58. The van der Waals surface area contributed by atoms with Crippen LogP contribution in [0, 0.1) is 0 Å². The van der Waals surface area contributed by atoms with Gasteiger partial charge in [-0.05, 0) is 24.1 Å². The number of rotatable bonds is 6. The predicted molar refractivity (Wildman–Crippen MR) is 103 cm³/mol. The molecule has 1 aliphatic rings. The fraction of sp³-hybridized carbons (Fsp3) is 0.238. The standard InChI is InChI=1S/C21H20ClNO4/c1-27-12-6-11-23-18(15-9-5-10-16(22)13-15)17(20(25)21(23)26)19(24)14-7-3-2-4-8-14/h2-5,7-10,13,18,24H,6,11-12H2,1H3/b19-17+/t18-/m1/s1. The first kappa shape index (κ1) is 19.1. The van der Waals surface area contributed by atoms with Gasteiger partial charge in [-0.3, -0.25) is 9.59 Å². The first-order chi connectivity index (χ1) is 13.0. The number of hydrogen-bond acceptors (Lipinski definition) is 4. The zero-order chi connectivity index (χ0) is 19.4. The summed E-state index contributed by atoms with van der Waals surface area (Å²) in [6, 6.07) is 15.0. The van der Waals surface area contributed by atoms with E-state index in [0.29, 0.717) is 35.7 Å². The second-order valence-corrected chi connectivity index (χ2v) is 6.70. The first-order valence-electron chi connectivity index (χ1n) is 8.63. The van der Waals surface area contributed by atoms with E-state index in [4.69, 9.17) is 16.3 Å². The monoisotopic (exact) mass is 385 g/mol. The molecule has 0 radical (unpaired) electrons. The van der Waals surface area contributed by atoms with E-state index in [0.717, 1.165) is 0 Å². The molecule has 1 aliphatic heterocycles. The van der Waals surface area contributed by atoms with Gasteiger partial charge in [0.25, 0.3) is 11.7 Å². The number of ether oxygens (including phenoxy) is 1. The fourth-order valence-electron chi connectivity index (χ4n) is 3.26. The molecule has 2 aromatic rings. The van der Waals surface area contributed by atoms with Crippen LogP contribution in [0.5, 0.6) is 0 Å². The number of ketones is 1. The third-order valence-corrected chi connectivity index (χ3v) is 4.73. The van der Waals surface area contributed by atoms with Crippen molar-refractivity contribution in [3.63, 3.8) is 0 Å². The molecule has 1 amide bonds. The molecule has 1 N–H and O–H groups in total. The normalized spacial score (nSPS) is 18.9. The van der Waals surface area contributed by atoms with E-state index in [1.807, 2.05) is 6.07 Å². The molecule has 27 heavy (non-hydrogen) atoms. The van der Waals surface area contributed by atoms with Crippen LogP contribution in [0.1, 0.15) is 23.6 Å². The summed E-state index contributed by atoms with van der Waals surface area (Å²) in [6.45, 7) is 0.797. The van der Waals surface area contributed by atoms with Crippen LogP contribution in [0.15, 0.2) is 60.2 Å². The molecule has 5 nitrogen and oxygen atoms in total. The number of carbonyl (C=O) groups excluding carboxylic acids is 2. The maximum atomic E-state index is 12.8. The SMILES string of the molecule is COCCCN1C(=O)C(=O)/C(=C(/O)c2ccccc2)[C@H]1c1cccc(Cl)c1.